The number of nitrogens with zero attached hydrogens (tertiary/aromatic N) is 2. The molecular weight excluding hydrogens is 446 g/mol. The van der Waals surface area contributed by atoms with Gasteiger partial charge in [0, 0.05) is 28.4 Å². The van der Waals surface area contributed by atoms with Crippen molar-refractivity contribution in [3.63, 3.8) is 0 Å². The largest absolute Gasteiger partial charge is 0.444 e. The van der Waals surface area contributed by atoms with Gasteiger partial charge in [-0.05, 0) is 57.2 Å². The fourth-order valence-electron chi connectivity index (χ4n) is 4.70. The zero-order chi connectivity index (χ0) is 21.1. The minimum Gasteiger partial charge on any atom is -0.444 e. The number of H-pyrrole nitrogens is 1. The minimum atomic E-state index is -0.541. The summed E-state index contributed by atoms with van der Waals surface area (Å²) in [4.78, 5) is 23.4. The van der Waals surface area contributed by atoms with Gasteiger partial charge in [-0.25, -0.2) is 9.78 Å². The average molecular weight is 472 g/mol. The zero-order valence-corrected chi connectivity index (χ0v) is 19.1. The van der Waals surface area contributed by atoms with E-state index in [0.717, 1.165) is 51.6 Å². The Labute approximate surface area is 184 Å². The number of carbonyl (C=O) groups excluding carboxylic acids is 1. The van der Waals surface area contributed by atoms with Crippen LogP contribution in [0.2, 0.25) is 0 Å². The van der Waals surface area contributed by atoms with E-state index in [1.54, 1.807) is 0 Å². The normalized spacial score (nSPS) is 24.4. The fourth-order valence-corrected chi connectivity index (χ4v) is 5.08. The van der Waals surface area contributed by atoms with E-state index in [1.165, 1.54) is 0 Å². The van der Waals surface area contributed by atoms with Gasteiger partial charge < -0.3 is 14.5 Å². The lowest BCUT2D eigenvalue weighted by molar-refractivity contribution is 0.0201. The number of benzene rings is 2. The molecule has 2 aromatic carbocycles. The molecule has 2 saturated heterocycles. The molecule has 3 heterocycles. The Kier molecular flexibility index (Phi) is 4.59. The molecule has 7 heteroatoms. The van der Waals surface area contributed by atoms with E-state index in [2.05, 4.69) is 45.2 Å². The maximum absolute atomic E-state index is 13.1. The van der Waals surface area contributed by atoms with Gasteiger partial charge in [-0.2, -0.15) is 0 Å². The molecule has 3 aromatic rings. The van der Waals surface area contributed by atoms with Gasteiger partial charge in [0.2, 0.25) is 0 Å². The van der Waals surface area contributed by atoms with E-state index in [0.29, 0.717) is 13.2 Å². The van der Waals surface area contributed by atoms with Crippen molar-refractivity contribution in [2.45, 2.75) is 45.3 Å². The van der Waals surface area contributed by atoms with Crippen molar-refractivity contribution >= 4 is 43.8 Å². The number of aromatic amines is 1. The third-order valence-corrected chi connectivity index (χ3v) is 6.58. The number of aromatic nitrogens is 2. The summed E-state index contributed by atoms with van der Waals surface area (Å²) >= 11 is 3.54. The van der Waals surface area contributed by atoms with Crippen LogP contribution >= 0.6 is 15.9 Å². The highest BCUT2D eigenvalue weighted by Gasteiger charge is 2.50. The molecule has 0 unspecified atom stereocenters. The molecule has 1 amide bonds. The number of halogens is 1. The van der Waals surface area contributed by atoms with Crippen LogP contribution in [0.5, 0.6) is 0 Å². The highest BCUT2D eigenvalue weighted by molar-refractivity contribution is 9.10. The Hall–Kier alpha value is -2.12. The summed E-state index contributed by atoms with van der Waals surface area (Å²) in [5, 5.41) is 2.23. The second-order valence-electron chi connectivity index (χ2n) is 9.58. The van der Waals surface area contributed by atoms with E-state index in [9.17, 15) is 4.79 Å². The number of ether oxygens (including phenoxy) is 2. The van der Waals surface area contributed by atoms with Crippen LogP contribution in [0.3, 0.4) is 0 Å². The van der Waals surface area contributed by atoms with Crippen molar-refractivity contribution in [2.75, 3.05) is 19.8 Å². The van der Waals surface area contributed by atoms with Crippen LogP contribution in [0.15, 0.2) is 34.8 Å². The quantitative estimate of drug-likeness (QED) is 0.503. The van der Waals surface area contributed by atoms with Crippen LogP contribution in [0, 0.1) is 5.41 Å². The van der Waals surface area contributed by atoms with E-state index in [-0.39, 0.29) is 17.6 Å². The molecule has 1 N–H and O–H groups in total. The lowest BCUT2D eigenvalue weighted by Crippen LogP contribution is -2.38. The summed E-state index contributed by atoms with van der Waals surface area (Å²) in [5.41, 5.74) is 1.35. The van der Waals surface area contributed by atoms with Gasteiger partial charge in [-0.1, -0.05) is 28.1 Å². The van der Waals surface area contributed by atoms with Crippen LogP contribution in [0.4, 0.5) is 4.79 Å². The summed E-state index contributed by atoms with van der Waals surface area (Å²) in [6.45, 7) is 7.76. The second-order valence-corrected chi connectivity index (χ2v) is 10.5. The molecule has 2 atom stereocenters. The van der Waals surface area contributed by atoms with Crippen molar-refractivity contribution in [3.05, 3.63) is 40.6 Å². The number of likely N-dealkylation sites (tertiary alicyclic amines) is 1. The zero-order valence-electron chi connectivity index (χ0n) is 17.5. The molecule has 1 aromatic heterocycles. The number of rotatable bonds is 1. The maximum Gasteiger partial charge on any atom is 0.410 e. The van der Waals surface area contributed by atoms with E-state index < -0.39 is 5.60 Å². The van der Waals surface area contributed by atoms with Gasteiger partial charge in [0.25, 0.3) is 0 Å². The van der Waals surface area contributed by atoms with Crippen LogP contribution in [0.1, 0.15) is 45.5 Å². The molecule has 30 heavy (non-hydrogen) atoms. The number of hydrogen-bond acceptors (Lipinski definition) is 4. The molecule has 158 valence electrons. The molecule has 2 aliphatic heterocycles. The minimum absolute atomic E-state index is 0.0204. The third kappa shape index (κ3) is 3.48. The van der Waals surface area contributed by atoms with Gasteiger partial charge in [0.05, 0.1) is 23.7 Å². The smallest absolute Gasteiger partial charge is 0.410 e. The van der Waals surface area contributed by atoms with E-state index in [4.69, 9.17) is 14.5 Å². The number of hydrogen-bond donors (Lipinski definition) is 1. The van der Waals surface area contributed by atoms with Crippen molar-refractivity contribution < 1.29 is 14.3 Å². The van der Waals surface area contributed by atoms with Gasteiger partial charge in [-0.3, -0.25) is 4.90 Å². The Morgan fingerprint density at radius 2 is 2.17 bits per heavy atom. The SMILES string of the molecule is CC(C)(C)OC(=O)N1C[C@@]2(CCOC2)C[C@H]1c1nc2c(ccc3cc(Br)ccc32)[nH]1. The Morgan fingerprint density at radius 3 is 2.90 bits per heavy atom. The molecule has 0 saturated carbocycles. The topological polar surface area (TPSA) is 67.4 Å². The van der Waals surface area contributed by atoms with E-state index in [1.807, 2.05) is 31.7 Å². The Bertz CT molecular complexity index is 1130. The van der Waals surface area contributed by atoms with Crippen LogP contribution < -0.4 is 0 Å². The first kappa shape index (κ1) is 19.8. The van der Waals surface area contributed by atoms with Crippen LogP contribution in [-0.4, -0.2) is 46.3 Å². The Balaban J connectivity index is 1.56. The molecule has 6 nitrogen and oxygen atoms in total. The molecule has 2 aliphatic rings. The third-order valence-electron chi connectivity index (χ3n) is 6.09. The van der Waals surface area contributed by atoms with Crippen LogP contribution in [-0.2, 0) is 9.47 Å². The molecule has 0 radical (unpaired) electrons. The number of imidazole rings is 1. The highest BCUT2D eigenvalue weighted by Crippen LogP contribution is 2.48. The summed E-state index contributed by atoms with van der Waals surface area (Å²) in [7, 11) is 0. The predicted octanol–water partition coefficient (Wildman–Crippen LogP) is 5.57. The molecule has 0 aliphatic carbocycles. The molecule has 1 spiro atoms. The van der Waals surface area contributed by atoms with Gasteiger partial charge in [0.1, 0.15) is 11.4 Å². The molecular formula is C23H26BrN3O3. The first-order valence-electron chi connectivity index (χ1n) is 10.4. The number of amides is 1. The van der Waals surface area contributed by atoms with Crippen molar-refractivity contribution in [3.8, 4) is 0 Å². The van der Waals surface area contributed by atoms with Crippen molar-refractivity contribution in [2.24, 2.45) is 5.41 Å². The van der Waals surface area contributed by atoms with Crippen molar-refractivity contribution in [1.29, 1.82) is 0 Å². The molecule has 2 fully saturated rings. The number of nitrogens with one attached hydrogen (secondary N) is 1. The average Bonchev–Trinajstić information content (AvgIpc) is 3.38. The number of fused-ring (bicyclic) bond motifs is 3. The first-order valence-corrected chi connectivity index (χ1v) is 11.2. The van der Waals surface area contributed by atoms with Gasteiger partial charge in [-0.15, -0.1) is 0 Å². The first-order chi connectivity index (χ1) is 14.2. The Morgan fingerprint density at radius 1 is 1.33 bits per heavy atom. The fraction of sp³-hybridized carbons (Fsp3) is 0.478. The summed E-state index contributed by atoms with van der Waals surface area (Å²) < 4.78 is 12.5. The highest BCUT2D eigenvalue weighted by atomic mass is 79.9. The molecule has 5 rings (SSSR count). The lowest BCUT2D eigenvalue weighted by Gasteiger charge is -2.28. The van der Waals surface area contributed by atoms with E-state index >= 15 is 0 Å². The number of carbonyl (C=O) groups is 1. The standard InChI is InChI=1S/C23H26BrN3O3/c1-22(2,3)30-21(28)27-12-23(8-9-29-13-23)11-18(27)20-25-17-7-4-14-10-15(24)5-6-16(14)19(17)26-20/h4-7,10,18H,8-9,11-13H2,1-3H3,(H,25,26)/t18-,23+/m0/s1. The predicted molar refractivity (Wildman–Crippen MR) is 119 cm³/mol. The summed E-state index contributed by atoms with van der Waals surface area (Å²) in [6.07, 6.45) is 1.50. The maximum atomic E-state index is 13.1. The lowest BCUT2D eigenvalue weighted by atomic mass is 9.85. The monoisotopic (exact) mass is 471 g/mol. The van der Waals surface area contributed by atoms with Gasteiger partial charge in [0.15, 0.2) is 0 Å². The molecule has 0 bridgehead atoms. The van der Waals surface area contributed by atoms with Gasteiger partial charge >= 0.3 is 6.09 Å². The van der Waals surface area contributed by atoms with Crippen molar-refractivity contribution in [1.82, 2.24) is 14.9 Å². The second kappa shape index (κ2) is 6.95. The summed E-state index contributed by atoms with van der Waals surface area (Å²) in [5.74, 6) is 0.815. The van der Waals surface area contributed by atoms with Crippen LogP contribution in [0.25, 0.3) is 21.8 Å². The summed E-state index contributed by atoms with van der Waals surface area (Å²) in [6, 6.07) is 10.2.